The van der Waals surface area contributed by atoms with E-state index >= 15 is 0 Å². The van der Waals surface area contributed by atoms with E-state index in [9.17, 15) is 0 Å². The van der Waals surface area contributed by atoms with Crippen LogP contribution in [0, 0.1) is 0 Å². The number of benzene rings is 1. The quantitative estimate of drug-likeness (QED) is 0.663. The van der Waals surface area contributed by atoms with Crippen LogP contribution in [-0.2, 0) is 6.42 Å². The number of nitrogens with one attached hydrogen (secondary N) is 2. The lowest BCUT2D eigenvalue weighted by Crippen LogP contribution is -1.84. The number of halogens is 1. The van der Waals surface area contributed by atoms with Gasteiger partial charge in [-0.2, -0.15) is 5.10 Å². The second kappa shape index (κ2) is 4.03. The van der Waals surface area contributed by atoms with Crippen molar-refractivity contribution in [1.29, 1.82) is 0 Å². The fourth-order valence-corrected chi connectivity index (χ4v) is 2.21. The van der Waals surface area contributed by atoms with E-state index < -0.39 is 0 Å². The normalized spacial score (nSPS) is 11.2. The molecule has 92 valence electrons. The number of anilines is 1. The van der Waals surface area contributed by atoms with Crippen LogP contribution in [0.4, 0.5) is 5.82 Å². The van der Waals surface area contributed by atoms with E-state index in [0.717, 1.165) is 34.4 Å². The fourth-order valence-electron chi connectivity index (χ4n) is 1.95. The van der Waals surface area contributed by atoms with Crippen molar-refractivity contribution >= 4 is 28.3 Å². The molecule has 0 atom stereocenters. The molecule has 3 rings (SSSR count). The van der Waals surface area contributed by atoms with Crippen molar-refractivity contribution < 1.29 is 0 Å². The molecule has 6 heteroatoms. The zero-order valence-electron chi connectivity index (χ0n) is 9.79. The number of fused-ring (bicyclic) bond motifs is 1. The third kappa shape index (κ3) is 1.64. The van der Waals surface area contributed by atoms with E-state index in [1.54, 1.807) is 0 Å². The van der Waals surface area contributed by atoms with Gasteiger partial charge in [-0.3, -0.25) is 5.10 Å². The highest BCUT2D eigenvalue weighted by molar-refractivity contribution is 6.32. The van der Waals surface area contributed by atoms with Crippen molar-refractivity contribution in [2.45, 2.75) is 13.3 Å². The summed E-state index contributed by atoms with van der Waals surface area (Å²) in [6, 6.07) is 5.83. The van der Waals surface area contributed by atoms with Crippen molar-refractivity contribution in [3.8, 4) is 11.3 Å². The highest BCUT2D eigenvalue weighted by Crippen LogP contribution is 2.29. The lowest BCUT2D eigenvalue weighted by Gasteiger charge is -1.99. The number of rotatable bonds is 2. The number of hydrogen-bond acceptors (Lipinski definition) is 3. The molecule has 0 amide bonds. The van der Waals surface area contributed by atoms with E-state index in [4.69, 9.17) is 17.3 Å². The Kier molecular flexibility index (Phi) is 2.48. The van der Waals surface area contributed by atoms with Gasteiger partial charge in [0.05, 0.1) is 11.2 Å². The van der Waals surface area contributed by atoms with Crippen LogP contribution in [0.25, 0.3) is 22.2 Å². The maximum atomic E-state index is 6.12. The summed E-state index contributed by atoms with van der Waals surface area (Å²) in [5.41, 5.74) is 8.40. The Morgan fingerprint density at radius 3 is 2.94 bits per heavy atom. The number of hydrogen-bond donors (Lipinski definition) is 3. The third-order valence-corrected chi connectivity index (χ3v) is 3.20. The Labute approximate surface area is 108 Å². The average Bonchev–Trinajstić information content (AvgIpc) is 2.93. The van der Waals surface area contributed by atoms with E-state index in [2.05, 4.69) is 20.2 Å². The number of imidazole rings is 1. The van der Waals surface area contributed by atoms with Gasteiger partial charge in [0.15, 0.2) is 11.0 Å². The summed E-state index contributed by atoms with van der Waals surface area (Å²) in [4.78, 5) is 7.46. The van der Waals surface area contributed by atoms with Crippen LogP contribution in [0.1, 0.15) is 12.7 Å². The van der Waals surface area contributed by atoms with Crippen molar-refractivity contribution in [1.82, 2.24) is 20.2 Å². The third-order valence-electron chi connectivity index (χ3n) is 2.92. The highest BCUT2D eigenvalue weighted by atomic mass is 35.5. The van der Waals surface area contributed by atoms with E-state index in [0.29, 0.717) is 11.0 Å². The molecule has 0 aliphatic heterocycles. The van der Waals surface area contributed by atoms with Crippen molar-refractivity contribution in [3.63, 3.8) is 0 Å². The van der Waals surface area contributed by atoms with Gasteiger partial charge in [-0.15, -0.1) is 0 Å². The molecular formula is C12H12ClN5. The molecule has 4 N–H and O–H groups in total. The summed E-state index contributed by atoms with van der Waals surface area (Å²) < 4.78 is 0. The second-order valence-electron chi connectivity index (χ2n) is 4.07. The Morgan fingerprint density at radius 2 is 2.22 bits per heavy atom. The van der Waals surface area contributed by atoms with Crippen LogP contribution in [-0.4, -0.2) is 20.2 Å². The topological polar surface area (TPSA) is 83.4 Å². The van der Waals surface area contributed by atoms with Crippen LogP contribution < -0.4 is 5.73 Å². The van der Waals surface area contributed by atoms with Gasteiger partial charge in [-0.05, 0) is 12.1 Å². The lowest BCUT2D eigenvalue weighted by molar-refractivity contribution is 0.991. The fraction of sp³-hybridized carbons (Fsp3) is 0.167. The van der Waals surface area contributed by atoms with Crippen molar-refractivity contribution in [2.24, 2.45) is 0 Å². The van der Waals surface area contributed by atoms with Crippen LogP contribution >= 0.6 is 11.6 Å². The molecule has 2 heterocycles. The van der Waals surface area contributed by atoms with E-state index in [1.807, 2.05) is 25.1 Å². The molecule has 0 unspecified atom stereocenters. The van der Waals surface area contributed by atoms with Crippen LogP contribution in [0.3, 0.4) is 0 Å². The van der Waals surface area contributed by atoms with Crippen molar-refractivity contribution in [2.75, 3.05) is 5.73 Å². The summed E-state index contributed by atoms with van der Waals surface area (Å²) in [6.07, 6.45) is 0.818. The monoisotopic (exact) mass is 261 g/mol. The number of aromatic amines is 2. The maximum absolute atomic E-state index is 6.12. The Balaban J connectivity index is 2.15. The molecular weight excluding hydrogens is 250 g/mol. The molecule has 0 aliphatic carbocycles. The molecule has 5 nitrogen and oxygen atoms in total. The maximum Gasteiger partial charge on any atom is 0.155 e. The van der Waals surface area contributed by atoms with Gasteiger partial charge >= 0.3 is 0 Å². The largest absolute Gasteiger partial charge is 0.382 e. The number of aromatic nitrogens is 4. The minimum absolute atomic E-state index is 0.485. The first-order valence-electron chi connectivity index (χ1n) is 5.67. The Bertz CT molecular complexity index is 712. The molecule has 0 saturated carbocycles. The van der Waals surface area contributed by atoms with E-state index in [-0.39, 0.29) is 0 Å². The molecule has 0 aliphatic rings. The lowest BCUT2D eigenvalue weighted by atomic mass is 10.1. The molecule has 3 aromatic rings. The highest BCUT2D eigenvalue weighted by Gasteiger charge is 2.11. The zero-order valence-corrected chi connectivity index (χ0v) is 10.5. The first kappa shape index (κ1) is 11.1. The molecule has 2 aromatic heterocycles. The first-order chi connectivity index (χ1) is 8.69. The zero-order chi connectivity index (χ0) is 12.7. The molecule has 18 heavy (non-hydrogen) atoms. The summed E-state index contributed by atoms with van der Waals surface area (Å²) in [5.74, 6) is 1.38. The van der Waals surface area contributed by atoms with Gasteiger partial charge in [-0.1, -0.05) is 24.6 Å². The van der Waals surface area contributed by atoms with Crippen LogP contribution in [0.5, 0.6) is 0 Å². The number of nitrogens with zero attached hydrogens (tertiary/aromatic N) is 2. The summed E-state index contributed by atoms with van der Waals surface area (Å²) >= 11 is 6.12. The van der Waals surface area contributed by atoms with E-state index in [1.165, 1.54) is 0 Å². The number of nitrogen functional groups attached to an aromatic ring is 1. The van der Waals surface area contributed by atoms with Gasteiger partial charge in [0.1, 0.15) is 5.82 Å². The molecule has 0 fully saturated rings. The van der Waals surface area contributed by atoms with Gasteiger partial charge in [0.2, 0.25) is 0 Å². The predicted molar refractivity (Wildman–Crippen MR) is 72.5 cm³/mol. The molecule has 0 radical (unpaired) electrons. The Hall–Kier alpha value is -2.01. The first-order valence-corrected chi connectivity index (χ1v) is 6.05. The standard InChI is InChI=1S/C12H12ClN5/c1-2-9-15-10(11(13)16-9)6-3-4-7-8(5-6)17-18-12(7)14/h3-5H,2H2,1H3,(H,15,16)(H3,14,17,18). The number of H-pyrrole nitrogens is 2. The summed E-state index contributed by atoms with van der Waals surface area (Å²) in [7, 11) is 0. The predicted octanol–water partition coefficient (Wildman–Crippen LogP) is 2.75. The van der Waals surface area contributed by atoms with Crippen molar-refractivity contribution in [3.05, 3.63) is 29.2 Å². The molecule has 0 saturated heterocycles. The number of aryl methyl sites for hydroxylation is 1. The summed E-state index contributed by atoms with van der Waals surface area (Å²) in [5, 5.41) is 8.25. The Morgan fingerprint density at radius 1 is 1.39 bits per heavy atom. The average molecular weight is 262 g/mol. The molecule has 0 bridgehead atoms. The van der Waals surface area contributed by atoms with Gasteiger partial charge in [0.25, 0.3) is 0 Å². The van der Waals surface area contributed by atoms with Crippen LogP contribution in [0.2, 0.25) is 5.15 Å². The van der Waals surface area contributed by atoms with Gasteiger partial charge in [-0.25, -0.2) is 4.98 Å². The minimum Gasteiger partial charge on any atom is -0.382 e. The smallest absolute Gasteiger partial charge is 0.155 e. The van der Waals surface area contributed by atoms with Crippen LogP contribution in [0.15, 0.2) is 18.2 Å². The second-order valence-corrected chi connectivity index (χ2v) is 4.43. The van der Waals surface area contributed by atoms with Gasteiger partial charge in [0, 0.05) is 17.4 Å². The SMILES string of the molecule is CCc1nc(Cl)c(-c2ccc3c(N)n[nH]c3c2)[nH]1. The summed E-state index contributed by atoms with van der Waals surface area (Å²) in [6.45, 7) is 2.03. The minimum atomic E-state index is 0.485. The van der Waals surface area contributed by atoms with Gasteiger partial charge < -0.3 is 10.7 Å². The molecule has 1 aromatic carbocycles. The number of nitrogens with two attached hydrogens (primary N) is 1. The molecule has 0 spiro atoms.